The van der Waals surface area contributed by atoms with Crippen LogP contribution in [0, 0.1) is 0 Å². The lowest BCUT2D eigenvalue weighted by Gasteiger charge is -2.11. The maximum absolute atomic E-state index is 5.31. The quantitative estimate of drug-likeness (QED) is 0.469. The van der Waals surface area contributed by atoms with Crippen molar-refractivity contribution in [3.05, 3.63) is 59.8 Å². The van der Waals surface area contributed by atoms with E-state index in [0.717, 1.165) is 49.0 Å². The van der Waals surface area contributed by atoms with Crippen molar-refractivity contribution in [2.75, 3.05) is 13.1 Å². The molecule has 2 N–H and O–H groups in total. The average molecular weight is 367 g/mol. The van der Waals surface area contributed by atoms with Crippen LogP contribution in [0.5, 0.6) is 0 Å². The normalized spacial score (nSPS) is 11.6. The van der Waals surface area contributed by atoms with E-state index in [2.05, 4.69) is 37.9 Å². The van der Waals surface area contributed by atoms with Crippen LogP contribution in [0.15, 0.2) is 56.6 Å². The van der Waals surface area contributed by atoms with E-state index in [1.165, 1.54) is 5.56 Å². The van der Waals surface area contributed by atoms with Crippen molar-refractivity contribution in [2.24, 2.45) is 4.99 Å². The van der Waals surface area contributed by atoms with Gasteiger partial charge in [0.1, 0.15) is 12.3 Å². The Labute approximate surface area is 158 Å². The summed E-state index contributed by atoms with van der Waals surface area (Å²) < 4.78 is 10.6. The number of nitrogens with zero attached hydrogens (tertiary/aromatic N) is 3. The predicted molar refractivity (Wildman–Crippen MR) is 104 cm³/mol. The van der Waals surface area contributed by atoms with Gasteiger partial charge in [0, 0.05) is 25.1 Å². The Morgan fingerprint density at radius 3 is 2.63 bits per heavy atom. The van der Waals surface area contributed by atoms with E-state index < -0.39 is 0 Å². The third kappa shape index (κ3) is 5.44. The number of furan rings is 1. The first-order valence-corrected chi connectivity index (χ1v) is 9.25. The average Bonchev–Trinajstić information content (AvgIpc) is 3.38. The molecule has 7 heteroatoms. The second-order valence-electron chi connectivity index (χ2n) is 6.02. The number of hydrogen-bond acceptors (Lipinski definition) is 5. The Morgan fingerprint density at radius 1 is 1.11 bits per heavy atom. The Balaban J connectivity index is 1.51. The maximum atomic E-state index is 5.31. The van der Waals surface area contributed by atoms with E-state index in [1.807, 2.05) is 38.1 Å². The minimum atomic E-state index is 0.515. The van der Waals surface area contributed by atoms with Gasteiger partial charge in [-0.1, -0.05) is 24.2 Å². The molecule has 0 fully saturated rings. The van der Waals surface area contributed by atoms with Crippen LogP contribution in [-0.2, 0) is 19.4 Å². The van der Waals surface area contributed by atoms with E-state index in [-0.39, 0.29) is 0 Å². The lowest BCUT2D eigenvalue weighted by molar-refractivity contribution is 0.423. The van der Waals surface area contributed by atoms with E-state index in [1.54, 1.807) is 6.26 Å². The number of aliphatic imine (C=N–C) groups is 1. The van der Waals surface area contributed by atoms with Crippen LogP contribution in [0.1, 0.15) is 31.0 Å². The molecule has 0 atom stereocenters. The summed E-state index contributed by atoms with van der Waals surface area (Å²) in [5.41, 5.74) is 2.16. The largest absolute Gasteiger partial charge is 0.467 e. The molecule has 142 valence electrons. The first-order chi connectivity index (χ1) is 13.3. The second kappa shape index (κ2) is 9.56. The molecule has 27 heavy (non-hydrogen) atoms. The Kier molecular flexibility index (Phi) is 6.62. The summed E-state index contributed by atoms with van der Waals surface area (Å²) in [5.74, 6) is 2.91. The van der Waals surface area contributed by atoms with E-state index in [4.69, 9.17) is 8.94 Å². The van der Waals surface area contributed by atoms with Crippen molar-refractivity contribution >= 4 is 5.96 Å². The van der Waals surface area contributed by atoms with Gasteiger partial charge < -0.3 is 19.6 Å². The van der Waals surface area contributed by atoms with Gasteiger partial charge in [-0.15, -0.1) is 0 Å². The highest BCUT2D eigenvalue weighted by atomic mass is 16.5. The van der Waals surface area contributed by atoms with Crippen molar-refractivity contribution in [1.82, 2.24) is 20.8 Å². The molecule has 0 aliphatic heterocycles. The zero-order valence-corrected chi connectivity index (χ0v) is 15.7. The third-order valence-electron chi connectivity index (χ3n) is 4.01. The molecule has 0 bridgehead atoms. The van der Waals surface area contributed by atoms with Crippen molar-refractivity contribution in [3.8, 4) is 11.5 Å². The summed E-state index contributed by atoms with van der Waals surface area (Å²) in [5, 5.41) is 10.5. The van der Waals surface area contributed by atoms with Gasteiger partial charge in [-0.3, -0.25) is 0 Å². The zero-order valence-electron chi connectivity index (χ0n) is 15.7. The highest BCUT2D eigenvalue weighted by Gasteiger charge is 2.07. The van der Waals surface area contributed by atoms with Crippen molar-refractivity contribution in [2.45, 2.75) is 33.2 Å². The predicted octanol–water partition coefficient (Wildman–Crippen LogP) is 3.19. The van der Waals surface area contributed by atoms with Crippen molar-refractivity contribution < 1.29 is 8.94 Å². The summed E-state index contributed by atoms with van der Waals surface area (Å²) >= 11 is 0. The first kappa shape index (κ1) is 18.7. The van der Waals surface area contributed by atoms with E-state index >= 15 is 0 Å². The Bertz CT molecular complexity index is 838. The SMILES string of the molecule is CCNC(=NCc1ccco1)NCCc1ccc(-c2nc(CC)no2)cc1. The summed E-state index contributed by atoms with van der Waals surface area (Å²) in [6.07, 6.45) is 3.31. The highest BCUT2D eigenvalue weighted by Crippen LogP contribution is 2.18. The number of hydrogen-bond donors (Lipinski definition) is 2. The number of guanidine groups is 1. The molecule has 3 rings (SSSR count). The number of rotatable bonds is 8. The summed E-state index contributed by atoms with van der Waals surface area (Å²) in [7, 11) is 0. The summed E-state index contributed by atoms with van der Waals surface area (Å²) in [6, 6.07) is 12.0. The second-order valence-corrected chi connectivity index (χ2v) is 6.02. The molecule has 2 heterocycles. The van der Waals surface area contributed by atoms with Crippen LogP contribution in [0.3, 0.4) is 0 Å². The first-order valence-electron chi connectivity index (χ1n) is 9.25. The van der Waals surface area contributed by atoms with Gasteiger partial charge in [-0.2, -0.15) is 4.98 Å². The van der Waals surface area contributed by atoms with Gasteiger partial charge in [0.05, 0.1) is 6.26 Å². The highest BCUT2D eigenvalue weighted by molar-refractivity contribution is 5.79. The molecule has 0 saturated heterocycles. The summed E-state index contributed by atoms with van der Waals surface area (Å²) in [6.45, 7) is 6.15. The molecule has 3 aromatic rings. The number of aromatic nitrogens is 2. The Morgan fingerprint density at radius 2 is 1.96 bits per heavy atom. The minimum Gasteiger partial charge on any atom is -0.467 e. The Hall–Kier alpha value is -3.09. The van der Waals surface area contributed by atoms with Gasteiger partial charge in [-0.25, -0.2) is 4.99 Å². The molecule has 0 unspecified atom stereocenters. The van der Waals surface area contributed by atoms with Gasteiger partial charge in [0.25, 0.3) is 5.89 Å². The van der Waals surface area contributed by atoms with Crippen LogP contribution >= 0.6 is 0 Å². The van der Waals surface area contributed by atoms with Crippen LogP contribution in [0.4, 0.5) is 0 Å². The monoisotopic (exact) mass is 367 g/mol. The molecular formula is C20H25N5O2. The fourth-order valence-corrected chi connectivity index (χ4v) is 2.56. The topological polar surface area (TPSA) is 88.5 Å². The van der Waals surface area contributed by atoms with Gasteiger partial charge in [0.15, 0.2) is 11.8 Å². The summed E-state index contributed by atoms with van der Waals surface area (Å²) in [4.78, 5) is 8.88. The molecular weight excluding hydrogens is 342 g/mol. The third-order valence-corrected chi connectivity index (χ3v) is 4.01. The zero-order chi connectivity index (χ0) is 18.9. The standard InChI is InChI=1S/C20H25N5O2/c1-3-18-24-19(27-25-18)16-9-7-15(8-10-16)11-12-22-20(21-4-2)23-14-17-6-5-13-26-17/h5-10,13H,3-4,11-12,14H2,1-2H3,(H2,21,22,23). The number of benzene rings is 1. The van der Waals surface area contributed by atoms with Crippen LogP contribution in [0.25, 0.3) is 11.5 Å². The molecule has 1 aromatic carbocycles. The van der Waals surface area contributed by atoms with Crippen molar-refractivity contribution in [1.29, 1.82) is 0 Å². The number of aryl methyl sites for hydroxylation is 1. The van der Waals surface area contributed by atoms with Gasteiger partial charge >= 0.3 is 0 Å². The molecule has 0 saturated carbocycles. The van der Waals surface area contributed by atoms with E-state index in [9.17, 15) is 0 Å². The lowest BCUT2D eigenvalue weighted by Crippen LogP contribution is -2.38. The molecule has 0 aliphatic rings. The molecule has 0 amide bonds. The lowest BCUT2D eigenvalue weighted by atomic mass is 10.1. The van der Waals surface area contributed by atoms with E-state index in [0.29, 0.717) is 12.4 Å². The van der Waals surface area contributed by atoms with Crippen LogP contribution in [-0.4, -0.2) is 29.2 Å². The minimum absolute atomic E-state index is 0.515. The fraction of sp³-hybridized carbons (Fsp3) is 0.350. The van der Waals surface area contributed by atoms with Gasteiger partial charge in [0.2, 0.25) is 0 Å². The smallest absolute Gasteiger partial charge is 0.257 e. The fourth-order valence-electron chi connectivity index (χ4n) is 2.56. The molecule has 0 aliphatic carbocycles. The molecule has 7 nitrogen and oxygen atoms in total. The molecule has 2 aromatic heterocycles. The van der Waals surface area contributed by atoms with Crippen molar-refractivity contribution in [3.63, 3.8) is 0 Å². The number of nitrogens with one attached hydrogen (secondary N) is 2. The van der Waals surface area contributed by atoms with Gasteiger partial charge in [-0.05, 0) is 43.2 Å². The molecule has 0 spiro atoms. The van der Waals surface area contributed by atoms with Crippen LogP contribution < -0.4 is 10.6 Å². The van der Waals surface area contributed by atoms with Crippen LogP contribution in [0.2, 0.25) is 0 Å². The maximum Gasteiger partial charge on any atom is 0.257 e. The molecule has 0 radical (unpaired) electrons.